The summed E-state index contributed by atoms with van der Waals surface area (Å²) in [4.78, 5) is 14.6. The molecule has 0 amide bonds. The normalized spacial score (nSPS) is 9.31. The molecule has 2 N–H and O–H groups in total. The maximum atomic E-state index is 10.6. The number of aromatic carboxylic acids is 1. The van der Waals surface area contributed by atoms with Crippen LogP contribution < -0.4 is 5.32 Å². The van der Waals surface area contributed by atoms with Crippen LogP contribution in [-0.2, 0) is 6.54 Å². The number of pyridine rings is 1. The molecule has 0 aliphatic heterocycles. The average molecular weight is 218 g/mol. The molecule has 84 valence electrons. The molecule has 4 nitrogen and oxygen atoms in total. The van der Waals surface area contributed by atoms with Crippen LogP contribution >= 0.6 is 0 Å². The number of hydrogen-bond donors (Lipinski definition) is 2. The summed E-state index contributed by atoms with van der Waals surface area (Å²) in [7, 11) is 0. The second-order valence-electron chi connectivity index (χ2n) is 3.20. The molecule has 0 unspecified atom stereocenters. The molecule has 0 aliphatic carbocycles. The van der Waals surface area contributed by atoms with Gasteiger partial charge >= 0.3 is 5.97 Å². The van der Waals surface area contributed by atoms with Crippen LogP contribution in [0.15, 0.2) is 18.3 Å². The van der Waals surface area contributed by atoms with Gasteiger partial charge in [0.05, 0.1) is 11.3 Å². The standard InChI is InChI=1S/C12H14N2O2/c1-2-3-4-7-13-9-11-6-5-10(8-14-11)12(15)16/h5-6,8,13H,4,7,9H2,1H3,(H,15,16). The molecule has 0 fully saturated rings. The summed E-state index contributed by atoms with van der Waals surface area (Å²) < 4.78 is 0. The first-order valence-electron chi connectivity index (χ1n) is 5.02. The van der Waals surface area contributed by atoms with E-state index < -0.39 is 5.97 Å². The van der Waals surface area contributed by atoms with Crippen LogP contribution in [0.1, 0.15) is 29.4 Å². The Hall–Kier alpha value is -1.86. The summed E-state index contributed by atoms with van der Waals surface area (Å²) in [5.74, 6) is 4.81. The lowest BCUT2D eigenvalue weighted by Crippen LogP contribution is -2.15. The summed E-state index contributed by atoms with van der Waals surface area (Å²) in [5.41, 5.74) is 1.04. The summed E-state index contributed by atoms with van der Waals surface area (Å²) in [6.45, 7) is 3.25. The highest BCUT2D eigenvalue weighted by Crippen LogP contribution is 1.99. The van der Waals surface area contributed by atoms with Gasteiger partial charge in [0.15, 0.2) is 0 Å². The van der Waals surface area contributed by atoms with Gasteiger partial charge in [0.1, 0.15) is 0 Å². The first-order chi connectivity index (χ1) is 7.74. The Labute approximate surface area is 94.7 Å². The molecule has 0 aromatic carbocycles. The van der Waals surface area contributed by atoms with Crippen molar-refractivity contribution < 1.29 is 9.90 Å². The number of nitrogens with zero attached hydrogens (tertiary/aromatic N) is 1. The number of carboxylic acids is 1. The average Bonchev–Trinajstić information content (AvgIpc) is 2.29. The Bertz CT molecular complexity index is 401. The van der Waals surface area contributed by atoms with Crippen molar-refractivity contribution in [3.8, 4) is 11.8 Å². The summed E-state index contributed by atoms with van der Waals surface area (Å²) in [5, 5.41) is 11.9. The zero-order chi connectivity index (χ0) is 11.8. The predicted octanol–water partition coefficient (Wildman–Crippen LogP) is 1.28. The van der Waals surface area contributed by atoms with Gasteiger partial charge in [-0.2, -0.15) is 0 Å². The van der Waals surface area contributed by atoms with Gasteiger partial charge in [-0.25, -0.2) is 4.79 Å². The Balaban J connectivity index is 2.36. The smallest absolute Gasteiger partial charge is 0.337 e. The topological polar surface area (TPSA) is 62.2 Å². The minimum Gasteiger partial charge on any atom is -0.478 e. The molecule has 0 spiro atoms. The first-order valence-corrected chi connectivity index (χ1v) is 5.02. The molecular formula is C12H14N2O2. The van der Waals surface area contributed by atoms with Crippen LogP contribution in [0, 0.1) is 11.8 Å². The molecule has 16 heavy (non-hydrogen) atoms. The van der Waals surface area contributed by atoms with Crippen LogP contribution in [-0.4, -0.2) is 22.6 Å². The Morgan fingerprint density at radius 1 is 1.56 bits per heavy atom. The van der Waals surface area contributed by atoms with Crippen molar-refractivity contribution in [3.63, 3.8) is 0 Å². The van der Waals surface area contributed by atoms with E-state index in [1.807, 2.05) is 6.92 Å². The van der Waals surface area contributed by atoms with Gasteiger partial charge in [0, 0.05) is 25.7 Å². The number of hydrogen-bond acceptors (Lipinski definition) is 3. The van der Waals surface area contributed by atoms with Gasteiger partial charge in [-0.15, -0.1) is 11.8 Å². The Kier molecular flexibility index (Phi) is 5.03. The lowest BCUT2D eigenvalue weighted by atomic mass is 10.2. The minimum absolute atomic E-state index is 0.209. The maximum Gasteiger partial charge on any atom is 0.337 e. The fourth-order valence-corrected chi connectivity index (χ4v) is 1.15. The quantitative estimate of drug-likeness (QED) is 0.577. The predicted molar refractivity (Wildman–Crippen MR) is 61.0 cm³/mol. The number of nitrogens with one attached hydrogen (secondary N) is 1. The van der Waals surface area contributed by atoms with E-state index in [1.165, 1.54) is 6.20 Å². The van der Waals surface area contributed by atoms with Gasteiger partial charge < -0.3 is 10.4 Å². The molecule has 1 heterocycles. The highest BCUT2D eigenvalue weighted by atomic mass is 16.4. The number of rotatable bonds is 5. The molecule has 0 saturated heterocycles. The van der Waals surface area contributed by atoms with Crippen LogP contribution in [0.4, 0.5) is 0 Å². The van der Waals surface area contributed by atoms with E-state index in [9.17, 15) is 4.79 Å². The largest absolute Gasteiger partial charge is 0.478 e. The highest BCUT2D eigenvalue weighted by Gasteiger charge is 2.02. The van der Waals surface area contributed by atoms with Crippen molar-refractivity contribution in [1.82, 2.24) is 10.3 Å². The van der Waals surface area contributed by atoms with E-state index in [2.05, 4.69) is 22.1 Å². The Morgan fingerprint density at radius 2 is 2.38 bits per heavy atom. The lowest BCUT2D eigenvalue weighted by Gasteiger charge is -2.02. The van der Waals surface area contributed by atoms with Crippen LogP contribution in [0.3, 0.4) is 0 Å². The third-order valence-corrected chi connectivity index (χ3v) is 1.98. The summed E-state index contributed by atoms with van der Waals surface area (Å²) >= 11 is 0. The third-order valence-electron chi connectivity index (χ3n) is 1.98. The van der Waals surface area contributed by atoms with Crippen molar-refractivity contribution in [1.29, 1.82) is 0 Å². The van der Waals surface area contributed by atoms with E-state index in [0.717, 1.165) is 18.7 Å². The fraction of sp³-hybridized carbons (Fsp3) is 0.333. The van der Waals surface area contributed by atoms with Crippen molar-refractivity contribution in [3.05, 3.63) is 29.6 Å². The molecule has 1 aromatic heterocycles. The number of carbonyl (C=O) groups is 1. The van der Waals surface area contributed by atoms with Crippen LogP contribution in [0.5, 0.6) is 0 Å². The van der Waals surface area contributed by atoms with Gasteiger partial charge in [0.25, 0.3) is 0 Å². The molecule has 0 aliphatic rings. The van der Waals surface area contributed by atoms with E-state index in [0.29, 0.717) is 6.54 Å². The number of aromatic nitrogens is 1. The van der Waals surface area contributed by atoms with Crippen molar-refractivity contribution >= 4 is 5.97 Å². The minimum atomic E-state index is -0.953. The molecule has 4 heteroatoms. The van der Waals surface area contributed by atoms with E-state index >= 15 is 0 Å². The maximum absolute atomic E-state index is 10.6. The molecule has 0 atom stereocenters. The Morgan fingerprint density at radius 3 is 2.94 bits per heavy atom. The fourth-order valence-electron chi connectivity index (χ4n) is 1.15. The molecule has 1 rings (SSSR count). The van der Waals surface area contributed by atoms with Crippen molar-refractivity contribution in [2.75, 3.05) is 6.54 Å². The van der Waals surface area contributed by atoms with Crippen LogP contribution in [0.25, 0.3) is 0 Å². The molecular weight excluding hydrogens is 204 g/mol. The zero-order valence-corrected chi connectivity index (χ0v) is 9.16. The third kappa shape index (κ3) is 4.11. The lowest BCUT2D eigenvalue weighted by molar-refractivity contribution is 0.0696. The molecule has 0 radical (unpaired) electrons. The van der Waals surface area contributed by atoms with Gasteiger partial charge in [0.2, 0.25) is 0 Å². The SMILES string of the molecule is CC#CCCNCc1ccc(C(=O)O)cn1. The summed E-state index contributed by atoms with van der Waals surface area (Å²) in [6.07, 6.45) is 2.18. The van der Waals surface area contributed by atoms with Crippen molar-refractivity contribution in [2.24, 2.45) is 0 Å². The first kappa shape index (κ1) is 12.2. The van der Waals surface area contributed by atoms with Gasteiger partial charge in [-0.3, -0.25) is 4.98 Å². The molecule has 0 saturated carbocycles. The second-order valence-corrected chi connectivity index (χ2v) is 3.20. The summed E-state index contributed by atoms with van der Waals surface area (Å²) in [6, 6.07) is 3.26. The highest BCUT2D eigenvalue weighted by molar-refractivity contribution is 5.87. The molecule has 0 bridgehead atoms. The van der Waals surface area contributed by atoms with Gasteiger partial charge in [-0.1, -0.05) is 0 Å². The van der Waals surface area contributed by atoms with E-state index in [-0.39, 0.29) is 5.56 Å². The van der Waals surface area contributed by atoms with Crippen molar-refractivity contribution in [2.45, 2.75) is 19.9 Å². The van der Waals surface area contributed by atoms with Crippen LogP contribution in [0.2, 0.25) is 0 Å². The van der Waals surface area contributed by atoms with E-state index in [1.54, 1.807) is 12.1 Å². The van der Waals surface area contributed by atoms with E-state index in [4.69, 9.17) is 5.11 Å². The zero-order valence-electron chi connectivity index (χ0n) is 9.16. The van der Waals surface area contributed by atoms with Gasteiger partial charge in [-0.05, 0) is 19.1 Å². The number of carboxylic acid groups (broad SMARTS) is 1. The molecule has 1 aromatic rings. The second kappa shape index (κ2) is 6.59. The monoisotopic (exact) mass is 218 g/mol.